The van der Waals surface area contributed by atoms with Crippen LogP contribution in [0.3, 0.4) is 0 Å². The molecule has 0 bridgehead atoms. The number of piperidine rings is 1. The summed E-state index contributed by atoms with van der Waals surface area (Å²) >= 11 is 0. The minimum atomic E-state index is 0.237. The van der Waals surface area contributed by atoms with Crippen LogP contribution in [0.25, 0.3) is 10.9 Å². The molecular formula is C25H29N3O2. The number of ether oxygens (including phenoxy) is 1. The highest BCUT2D eigenvalue weighted by molar-refractivity contribution is 5.83. The number of para-hydroxylation sites is 1. The van der Waals surface area contributed by atoms with Crippen molar-refractivity contribution in [3.05, 3.63) is 61.1 Å². The Morgan fingerprint density at radius 1 is 1.00 bits per heavy atom. The molecule has 1 saturated heterocycles. The number of rotatable bonds is 4. The number of amides is 1. The van der Waals surface area contributed by atoms with Gasteiger partial charge in [-0.3, -0.25) is 9.78 Å². The molecule has 2 aliphatic rings. The minimum Gasteiger partial charge on any atom is -0.490 e. The van der Waals surface area contributed by atoms with E-state index in [1.54, 1.807) is 12.4 Å². The topological polar surface area (TPSA) is 47.4 Å². The molecule has 0 radical (unpaired) electrons. The summed E-state index contributed by atoms with van der Waals surface area (Å²) in [7, 11) is 0. The molecule has 3 aromatic rings. The highest BCUT2D eigenvalue weighted by Crippen LogP contribution is 2.45. The van der Waals surface area contributed by atoms with Crippen LogP contribution in [0.1, 0.15) is 38.5 Å². The number of carbonyl (C=O) groups excluding carboxylic acids is 1. The summed E-state index contributed by atoms with van der Waals surface area (Å²) in [4.78, 5) is 19.0. The van der Waals surface area contributed by atoms with Crippen molar-refractivity contribution in [2.24, 2.45) is 5.41 Å². The first kappa shape index (κ1) is 19.2. The number of aromatic nitrogens is 2. The van der Waals surface area contributed by atoms with Crippen molar-refractivity contribution in [1.82, 2.24) is 14.5 Å². The number of carbonyl (C=O) groups is 1. The normalized spacial score (nSPS) is 19.3. The van der Waals surface area contributed by atoms with E-state index in [1.165, 1.54) is 18.2 Å². The van der Waals surface area contributed by atoms with E-state index in [0.29, 0.717) is 18.1 Å². The lowest BCUT2D eigenvalue weighted by molar-refractivity contribution is -0.134. The van der Waals surface area contributed by atoms with Gasteiger partial charge in [0, 0.05) is 37.2 Å². The zero-order valence-electron chi connectivity index (χ0n) is 17.4. The third-order valence-corrected chi connectivity index (χ3v) is 7.11. The standard InChI is InChI=1S/C25H29N3O2/c29-24(19-28-16-9-20-3-1-2-4-23(20)28)27-17-12-25(13-18-27)10-5-21(6-11-25)30-22-7-14-26-15-8-22/h1-4,7-9,14-16,21H,5-6,10-13,17-19H2. The first-order valence-corrected chi connectivity index (χ1v) is 11.1. The van der Waals surface area contributed by atoms with Crippen molar-refractivity contribution >= 4 is 16.8 Å². The molecule has 2 fully saturated rings. The highest BCUT2D eigenvalue weighted by atomic mass is 16.5. The molecule has 156 valence electrons. The number of nitrogens with zero attached hydrogens (tertiary/aromatic N) is 3. The zero-order chi connectivity index (χ0) is 20.4. The second-order valence-electron chi connectivity index (χ2n) is 8.88. The van der Waals surface area contributed by atoms with Gasteiger partial charge in [0.2, 0.25) is 5.91 Å². The minimum absolute atomic E-state index is 0.237. The molecule has 1 aliphatic heterocycles. The summed E-state index contributed by atoms with van der Waals surface area (Å²) in [5.41, 5.74) is 1.53. The summed E-state index contributed by atoms with van der Waals surface area (Å²) in [6.45, 7) is 2.20. The summed E-state index contributed by atoms with van der Waals surface area (Å²) in [6, 6.07) is 14.2. The summed E-state index contributed by atoms with van der Waals surface area (Å²) in [5, 5.41) is 1.19. The van der Waals surface area contributed by atoms with Gasteiger partial charge in [-0.2, -0.15) is 0 Å². The quantitative estimate of drug-likeness (QED) is 0.636. The van der Waals surface area contributed by atoms with E-state index >= 15 is 0 Å². The second kappa shape index (κ2) is 8.13. The number of hydrogen-bond acceptors (Lipinski definition) is 3. The molecular weight excluding hydrogens is 374 g/mol. The van der Waals surface area contributed by atoms with Crippen molar-refractivity contribution in [3.63, 3.8) is 0 Å². The maximum absolute atomic E-state index is 12.9. The van der Waals surface area contributed by atoms with Crippen LogP contribution in [0.4, 0.5) is 0 Å². The molecule has 1 amide bonds. The van der Waals surface area contributed by atoms with E-state index in [1.807, 2.05) is 30.5 Å². The van der Waals surface area contributed by atoms with Crippen LogP contribution in [-0.2, 0) is 11.3 Å². The van der Waals surface area contributed by atoms with E-state index in [0.717, 1.165) is 50.0 Å². The van der Waals surface area contributed by atoms with Gasteiger partial charge in [0.1, 0.15) is 12.3 Å². The van der Waals surface area contributed by atoms with E-state index < -0.39 is 0 Å². The largest absolute Gasteiger partial charge is 0.490 e. The van der Waals surface area contributed by atoms with Gasteiger partial charge in [-0.05, 0) is 73.6 Å². The maximum Gasteiger partial charge on any atom is 0.242 e. The highest BCUT2D eigenvalue weighted by Gasteiger charge is 2.39. The lowest BCUT2D eigenvalue weighted by Crippen LogP contribution is -2.46. The van der Waals surface area contributed by atoms with Crippen LogP contribution in [0, 0.1) is 5.41 Å². The van der Waals surface area contributed by atoms with Gasteiger partial charge in [-0.1, -0.05) is 18.2 Å². The molecule has 0 atom stereocenters. The first-order valence-electron chi connectivity index (χ1n) is 11.1. The Bertz CT molecular complexity index is 995. The van der Waals surface area contributed by atoms with Crippen molar-refractivity contribution < 1.29 is 9.53 Å². The number of fused-ring (bicyclic) bond motifs is 1. The molecule has 1 aliphatic carbocycles. The van der Waals surface area contributed by atoms with Crippen LogP contribution in [0.15, 0.2) is 61.1 Å². The smallest absolute Gasteiger partial charge is 0.242 e. The van der Waals surface area contributed by atoms with Gasteiger partial charge >= 0.3 is 0 Å². The van der Waals surface area contributed by atoms with E-state index in [2.05, 4.69) is 32.7 Å². The zero-order valence-corrected chi connectivity index (χ0v) is 17.4. The molecule has 0 unspecified atom stereocenters. The lowest BCUT2D eigenvalue weighted by atomic mass is 9.67. The predicted octanol–water partition coefficient (Wildman–Crippen LogP) is 4.67. The van der Waals surface area contributed by atoms with Gasteiger partial charge < -0.3 is 14.2 Å². The van der Waals surface area contributed by atoms with Crippen molar-refractivity contribution in [1.29, 1.82) is 0 Å². The van der Waals surface area contributed by atoms with Gasteiger partial charge in [0.15, 0.2) is 0 Å². The number of hydrogen-bond donors (Lipinski definition) is 0. The molecule has 5 heteroatoms. The van der Waals surface area contributed by atoms with Gasteiger partial charge in [-0.15, -0.1) is 0 Å². The van der Waals surface area contributed by atoms with Gasteiger partial charge in [0.25, 0.3) is 0 Å². The van der Waals surface area contributed by atoms with Crippen LogP contribution in [0.5, 0.6) is 5.75 Å². The summed E-state index contributed by atoms with van der Waals surface area (Å²) < 4.78 is 8.21. The Labute approximate surface area is 177 Å². The fourth-order valence-electron chi connectivity index (χ4n) is 5.19. The average Bonchev–Trinajstić information content (AvgIpc) is 3.20. The van der Waals surface area contributed by atoms with Crippen LogP contribution in [-0.4, -0.2) is 39.6 Å². The molecule has 5 nitrogen and oxygen atoms in total. The lowest BCUT2D eigenvalue weighted by Gasteiger charge is -2.45. The first-order chi connectivity index (χ1) is 14.7. The number of benzene rings is 1. The molecule has 5 rings (SSSR count). The molecule has 1 spiro atoms. The van der Waals surface area contributed by atoms with Crippen LogP contribution in [0.2, 0.25) is 0 Å². The fourth-order valence-corrected chi connectivity index (χ4v) is 5.19. The summed E-state index contributed by atoms with van der Waals surface area (Å²) in [5.74, 6) is 1.16. The molecule has 1 saturated carbocycles. The van der Waals surface area contributed by atoms with Crippen LogP contribution >= 0.6 is 0 Å². The van der Waals surface area contributed by atoms with Gasteiger partial charge in [-0.25, -0.2) is 0 Å². The fraction of sp³-hybridized carbons (Fsp3) is 0.440. The van der Waals surface area contributed by atoms with Gasteiger partial charge in [0.05, 0.1) is 6.10 Å². The Morgan fingerprint density at radius 2 is 1.73 bits per heavy atom. The monoisotopic (exact) mass is 403 g/mol. The van der Waals surface area contributed by atoms with Crippen molar-refractivity contribution in [2.75, 3.05) is 13.1 Å². The SMILES string of the molecule is O=C(Cn1ccc2ccccc21)N1CCC2(CCC(Oc3ccncc3)CC2)CC1. The van der Waals surface area contributed by atoms with E-state index in [-0.39, 0.29) is 5.91 Å². The molecule has 0 N–H and O–H groups in total. The Balaban J connectivity index is 1.13. The Morgan fingerprint density at radius 3 is 2.50 bits per heavy atom. The molecule has 1 aromatic carbocycles. The Hall–Kier alpha value is -2.82. The van der Waals surface area contributed by atoms with Crippen LogP contribution < -0.4 is 4.74 Å². The summed E-state index contributed by atoms with van der Waals surface area (Å²) in [6.07, 6.45) is 12.7. The third kappa shape index (κ3) is 3.93. The number of pyridine rings is 1. The van der Waals surface area contributed by atoms with E-state index in [4.69, 9.17) is 4.74 Å². The molecule has 2 aromatic heterocycles. The maximum atomic E-state index is 12.9. The van der Waals surface area contributed by atoms with Crippen molar-refractivity contribution in [3.8, 4) is 5.75 Å². The number of likely N-dealkylation sites (tertiary alicyclic amines) is 1. The molecule has 3 heterocycles. The van der Waals surface area contributed by atoms with Crippen molar-refractivity contribution in [2.45, 2.75) is 51.2 Å². The predicted molar refractivity (Wildman–Crippen MR) is 117 cm³/mol. The average molecular weight is 404 g/mol. The Kier molecular flexibility index (Phi) is 5.19. The van der Waals surface area contributed by atoms with E-state index in [9.17, 15) is 4.79 Å². The third-order valence-electron chi connectivity index (χ3n) is 7.11. The second-order valence-corrected chi connectivity index (χ2v) is 8.88. The molecule has 30 heavy (non-hydrogen) atoms.